The van der Waals surface area contributed by atoms with Crippen LogP contribution in [0.25, 0.3) is 0 Å². The van der Waals surface area contributed by atoms with E-state index in [1.165, 1.54) is 29.9 Å². The molecule has 0 unspecified atom stereocenters. The summed E-state index contributed by atoms with van der Waals surface area (Å²) in [6, 6.07) is 8.16. The van der Waals surface area contributed by atoms with Crippen molar-refractivity contribution in [3.63, 3.8) is 0 Å². The van der Waals surface area contributed by atoms with Crippen molar-refractivity contribution in [1.82, 2.24) is 0 Å². The maximum atomic E-state index is 12.2. The molecular formula is C17H26OS. The zero-order valence-electron chi connectivity index (χ0n) is 12.4. The number of benzene rings is 1. The summed E-state index contributed by atoms with van der Waals surface area (Å²) in [5.74, 6) is 1.66. The van der Waals surface area contributed by atoms with Gasteiger partial charge in [0.2, 0.25) is 0 Å². The maximum absolute atomic E-state index is 12.2. The van der Waals surface area contributed by atoms with Crippen molar-refractivity contribution in [2.24, 2.45) is 5.92 Å². The van der Waals surface area contributed by atoms with Gasteiger partial charge in [0, 0.05) is 16.4 Å². The van der Waals surface area contributed by atoms with Crippen LogP contribution in [0.1, 0.15) is 63.2 Å². The van der Waals surface area contributed by atoms with Gasteiger partial charge in [-0.3, -0.25) is 4.79 Å². The summed E-state index contributed by atoms with van der Waals surface area (Å²) < 4.78 is 0. The Hall–Kier alpha value is -0.760. The fraction of sp³-hybridized carbons (Fsp3) is 0.588. The SMILES string of the molecule is CCCCCSc1ccc(C(=O)C(CC)CC)cc1. The third-order valence-corrected chi connectivity index (χ3v) is 4.61. The fourth-order valence-electron chi connectivity index (χ4n) is 2.15. The number of thioether (sulfide) groups is 1. The number of carbonyl (C=O) groups is 1. The molecule has 0 radical (unpaired) electrons. The lowest BCUT2D eigenvalue weighted by Crippen LogP contribution is -2.12. The Morgan fingerprint density at radius 3 is 2.21 bits per heavy atom. The van der Waals surface area contributed by atoms with Gasteiger partial charge >= 0.3 is 0 Å². The Morgan fingerprint density at radius 2 is 1.68 bits per heavy atom. The van der Waals surface area contributed by atoms with E-state index >= 15 is 0 Å². The lowest BCUT2D eigenvalue weighted by atomic mass is 9.93. The van der Waals surface area contributed by atoms with Gasteiger partial charge in [-0.15, -0.1) is 11.8 Å². The van der Waals surface area contributed by atoms with Crippen LogP contribution in [0.15, 0.2) is 29.2 Å². The minimum atomic E-state index is 0.183. The first kappa shape index (κ1) is 16.3. The van der Waals surface area contributed by atoms with Crippen molar-refractivity contribution in [2.45, 2.75) is 57.8 Å². The summed E-state index contributed by atoms with van der Waals surface area (Å²) in [5, 5.41) is 0. The topological polar surface area (TPSA) is 17.1 Å². The predicted molar refractivity (Wildman–Crippen MR) is 85.1 cm³/mol. The van der Waals surface area contributed by atoms with Crippen molar-refractivity contribution in [2.75, 3.05) is 5.75 Å². The number of hydrogen-bond donors (Lipinski definition) is 0. The standard InChI is InChI=1S/C17H26OS/c1-4-7-8-13-19-16-11-9-15(10-12-16)17(18)14(5-2)6-3/h9-12,14H,4-8,13H2,1-3H3. The first-order valence-electron chi connectivity index (χ1n) is 7.49. The molecule has 0 spiro atoms. The monoisotopic (exact) mass is 278 g/mol. The van der Waals surface area contributed by atoms with Crippen molar-refractivity contribution >= 4 is 17.5 Å². The molecule has 19 heavy (non-hydrogen) atoms. The second-order valence-corrected chi connectivity index (χ2v) is 6.13. The van der Waals surface area contributed by atoms with Crippen LogP contribution in [0.3, 0.4) is 0 Å². The Balaban J connectivity index is 2.53. The zero-order valence-corrected chi connectivity index (χ0v) is 13.3. The largest absolute Gasteiger partial charge is 0.294 e. The lowest BCUT2D eigenvalue weighted by Gasteiger charge is -2.11. The third-order valence-electron chi connectivity index (χ3n) is 3.51. The van der Waals surface area contributed by atoms with Crippen LogP contribution in [0.5, 0.6) is 0 Å². The molecule has 0 N–H and O–H groups in total. The van der Waals surface area contributed by atoms with E-state index in [1.54, 1.807) is 0 Å². The molecule has 0 fully saturated rings. The quantitative estimate of drug-likeness (QED) is 0.333. The minimum Gasteiger partial charge on any atom is -0.294 e. The number of carbonyl (C=O) groups excluding carboxylic acids is 1. The first-order valence-corrected chi connectivity index (χ1v) is 8.48. The summed E-state index contributed by atoms with van der Waals surface area (Å²) in [7, 11) is 0. The summed E-state index contributed by atoms with van der Waals surface area (Å²) in [6.07, 6.45) is 5.71. The molecule has 0 atom stereocenters. The number of unbranched alkanes of at least 4 members (excludes halogenated alkanes) is 2. The molecule has 0 bridgehead atoms. The molecule has 106 valence electrons. The second-order valence-electron chi connectivity index (χ2n) is 4.96. The minimum absolute atomic E-state index is 0.183. The Bertz CT molecular complexity index is 365. The zero-order chi connectivity index (χ0) is 14.1. The van der Waals surface area contributed by atoms with Gasteiger partial charge in [-0.05, 0) is 37.1 Å². The van der Waals surface area contributed by atoms with Gasteiger partial charge in [-0.2, -0.15) is 0 Å². The van der Waals surface area contributed by atoms with Crippen LogP contribution >= 0.6 is 11.8 Å². The van der Waals surface area contributed by atoms with E-state index in [0.717, 1.165) is 18.4 Å². The van der Waals surface area contributed by atoms with Crippen LogP contribution < -0.4 is 0 Å². The van der Waals surface area contributed by atoms with Gasteiger partial charge < -0.3 is 0 Å². The van der Waals surface area contributed by atoms with E-state index in [2.05, 4.69) is 32.9 Å². The molecule has 0 amide bonds. The summed E-state index contributed by atoms with van der Waals surface area (Å²) in [5.41, 5.74) is 0.867. The van der Waals surface area contributed by atoms with Gasteiger partial charge in [-0.25, -0.2) is 0 Å². The van der Waals surface area contributed by atoms with E-state index in [0.29, 0.717) is 5.78 Å². The summed E-state index contributed by atoms with van der Waals surface area (Å²) >= 11 is 1.89. The summed E-state index contributed by atoms with van der Waals surface area (Å²) in [6.45, 7) is 6.40. The van der Waals surface area contributed by atoms with Crippen LogP contribution in [-0.4, -0.2) is 11.5 Å². The van der Waals surface area contributed by atoms with E-state index in [9.17, 15) is 4.79 Å². The number of rotatable bonds is 9. The average Bonchev–Trinajstić information content (AvgIpc) is 2.45. The second kappa shape index (κ2) is 9.19. The molecule has 0 saturated heterocycles. The van der Waals surface area contributed by atoms with Crippen LogP contribution in [-0.2, 0) is 0 Å². The van der Waals surface area contributed by atoms with E-state index in [4.69, 9.17) is 0 Å². The van der Waals surface area contributed by atoms with Crippen molar-refractivity contribution < 1.29 is 4.79 Å². The molecule has 0 aliphatic rings. The molecule has 1 rings (SSSR count). The van der Waals surface area contributed by atoms with Crippen molar-refractivity contribution in [3.8, 4) is 0 Å². The normalized spacial score (nSPS) is 10.9. The molecule has 0 saturated carbocycles. The highest BCUT2D eigenvalue weighted by Gasteiger charge is 2.15. The van der Waals surface area contributed by atoms with Gasteiger partial charge in [0.15, 0.2) is 5.78 Å². The van der Waals surface area contributed by atoms with E-state index in [1.807, 2.05) is 23.9 Å². The highest BCUT2D eigenvalue weighted by molar-refractivity contribution is 7.99. The van der Waals surface area contributed by atoms with Gasteiger partial charge in [0.1, 0.15) is 0 Å². The van der Waals surface area contributed by atoms with Crippen molar-refractivity contribution in [1.29, 1.82) is 0 Å². The van der Waals surface area contributed by atoms with E-state index < -0.39 is 0 Å². The molecule has 0 heterocycles. The van der Waals surface area contributed by atoms with Crippen molar-refractivity contribution in [3.05, 3.63) is 29.8 Å². The molecule has 1 nitrogen and oxygen atoms in total. The number of ketones is 1. The molecule has 1 aromatic rings. The Kier molecular flexibility index (Phi) is 7.88. The van der Waals surface area contributed by atoms with Crippen LogP contribution in [0.4, 0.5) is 0 Å². The number of hydrogen-bond acceptors (Lipinski definition) is 2. The van der Waals surface area contributed by atoms with Gasteiger partial charge in [0.05, 0.1) is 0 Å². The smallest absolute Gasteiger partial charge is 0.165 e. The van der Waals surface area contributed by atoms with Gasteiger partial charge in [0.25, 0.3) is 0 Å². The maximum Gasteiger partial charge on any atom is 0.165 e. The number of Topliss-reactive ketones (excluding diaryl/α,β-unsaturated/α-hetero) is 1. The fourth-order valence-corrected chi connectivity index (χ4v) is 3.07. The first-order chi connectivity index (χ1) is 9.22. The molecule has 0 aliphatic carbocycles. The molecular weight excluding hydrogens is 252 g/mol. The highest BCUT2D eigenvalue weighted by Crippen LogP contribution is 2.22. The van der Waals surface area contributed by atoms with Crippen LogP contribution in [0.2, 0.25) is 0 Å². The Morgan fingerprint density at radius 1 is 1.05 bits per heavy atom. The molecule has 1 aromatic carbocycles. The molecule has 0 aromatic heterocycles. The average molecular weight is 278 g/mol. The molecule has 0 aliphatic heterocycles. The summed E-state index contributed by atoms with van der Waals surface area (Å²) in [4.78, 5) is 13.5. The molecule has 2 heteroatoms. The van der Waals surface area contributed by atoms with Gasteiger partial charge in [-0.1, -0.05) is 45.7 Å². The van der Waals surface area contributed by atoms with E-state index in [-0.39, 0.29) is 5.92 Å². The highest BCUT2D eigenvalue weighted by atomic mass is 32.2. The lowest BCUT2D eigenvalue weighted by molar-refractivity contribution is 0.0913. The third kappa shape index (κ3) is 5.40. The predicted octanol–water partition coefficient (Wildman–Crippen LogP) is 5.59. The van der Waals surface area contributed by atoms with Crippen LogP contribution in [0, 0.1) is 5.92 Å². The Labute approximate surface area is 122 Å².